The minimum absolute atomic E-state index is 0.275. The number of hydrogen-bond acceptors (Lipinski definition) is 3. The molecule has 92 valence electrons. The lowest BCUT2D eigenvalue weighted by Gasteiger charge is -2.12. The highest BCUT2D eigenvalue weighted by molar-refractivity contribution is 6.64. The first-order chi connectivity index (χ1) is 8.77. The normalized spacial score (nSPS) is 12.1. The lowest BCUT2D eigenvalue weighted by molar-refractivity contribution is -0.113. The van der Waals surface area contributed by atoms with Crippen molar-refractivity contribution in [2.45, 2.75) is 18.8 Å². The molecule has 0 N–H and O–H groups in total. The molecule has 0 aliphatic heterocycles. The Hall–Kier alpha value is -1.74. The van der Waals surface area contributed by atoms with Crippen molar-refractivity contribution in [2.75, 3.05) is 0 Å². The number of carbonyl (C=O) groups is 1. The number of pyridine rings is 2. The summed E-state index contributed by atoms with van der Waals surface area (Å²) < 4.78 is 0. The van der Waals surface area contributed by atoms with E-state index in [1.165, 1.54) is 0 Å². The van der Waals surface area contributed by atoms with Gasteiger partial charge in [-0.05, 0) is 59.8 Å². The van der Waals surface area contributed by atoms with E-state index < -0.39 is 0 Å². The molecule has 1 unspecified atom stereocenters. The highest BCUT2D eigenvalue weighted by Gasteiger charge is 2.18. The zero-order valence-electron chi connectivity index (χ0n) is 9.79. The third-order valence-electron chi connectivity index (χ3n) is 2.85. The lowest BCUT2D eigenvalue weighted by Crippen LogP contribution is -2.08. The largest absolute Gasteiger partial charge is 0.281 e. The van der Waals surface area contributed by atoms with Gasteiger partial charge >= 0.3 is 0 Å². The van der Waals surface area contributed by atoms with Gasteiger partial charge in [0, 0.05) is 24.8 Å². The molecule has 0 radical (unpaired) electrons. The smallest absolute Gasteiger partial charge is 0.229 e. The Balaban J connectivity index is 2.06. The van der Waals surface area contributed by atoms with E-state index in [-0.39, 0.29) is 11.2 Å². The van der Waals surface area contributed by atoms with E-state index in [0.29, 0.717) is 6.42 Å². The topological polar surface area (TPSA) is 42.9 Å². The van der Waals surface area contributed by atoms with E-state index in [4.69, 9.17) is 11.6 Å². The Kier molecular flexibility index (Phi) is 4.42. The summed E-state index contributed by atoms with van der Waals surface area (Å²) in [6.45, 7) is 0. The fourth-order valence-electron chi connectivity index (χ4n) is 1.87. The van der Waals surface area contributed by atoms with Crippen LogP contribution in [0.15, 0.2) is 49.1 Å². The van der Waals surface area contributed by atoms with Crippen molar-refractivity contribution < 1.29 is 4.79 Å². The molecule has 0 bridgehead atoms. The van der Waals surface area contributed by atoms with Crippen molar-refractivity contribution in [2.24, 2.45) is 0 Å². The predicted molar refractivity (Wildman–Crippen MR) is 70.4 cm³/mol. The first kappa shape index (κ1) is 12.7. The van der Waals surface area contributed by atoms with Crippen LogP contribution in [-0.2, 0) is 11.2 Å². The van der Waals surface area contributed by atoms with Crippen molar-refractivity contribution in [1.29, 1.82) is 0 Å². The second-order valence-corrected chi connectivity index (χ2v) is 4.40. The maximum absolute atomic E-state index is 11.5. The zero-order valence-corrected chi connectivity index (χ0v) is 10.5. The lowest BCUT2D eigenvalue weighted by atomic mass is 9.94. The van der Waals surface area contributed by atoms with Gasteiger partial charge in [-0.1, -0.05) is 0 Å². The summed E-state index contributed by atoms with van der Waals surface area (Å²) in [6.07, 6.45) is 8.34. The standard InChI is InChI=1S/C14H13ClN2O/c15-14(18)13(12-5-9-17-10-6-12)2-1-11-3-7-16-8-4-11/h3-10,13H,1-2H2. The van der Waals surface area contributed by atoms with Crippen LogP contribution in [0.3, 0.4) is 0 Å². The maximum atomic E-state index is 11.5. The Morgan fingerprint density at radius 1 is 1.06 bits per heavy atom. The van der Waals surface area contributed by atoms with Crippen LogP contribution in [0, 0.1) is 0 Å². The summed E-state index contributed by atoms with van der Waals surface area (Å²) >= 11 is 5.67. The molecule has 0 fully saturated rings. The maximum Gasteiger partial charge on any atom is 0.229 e. The molecular formula is C14H13ClN2O. The van der Waals surface area contributed by atoms with Crippen LogP contribution in [0.4, 0.5) is 0 Å². The number of nitrogens with zero attached hydrogens (tertiary/aromatic N) is 2. The average Bonchev–Trinajstić information content (AvgIpc) is 2.41. The Labute approximate surface area is 111 Å². The highest BCUT2D eigenvalue weighted by atomic mass is 35.5. The fourth-order valence-corrected chi connectivity index (χ4v) is 2.10. The first-order valence-electron chi connectivity index (χ1n) is 5.75. The third kappa shape index (κ3) is 3.37. The van der Waals surface area contributed by atoms with Gasteiger partial charge in [0.25, 0.3) is 0 Å². The molecule has 0 amide bonds. The minimum atomic E-state index is -0.324. The van der Waals surface area contributed by atoms with Gasteiger partial charge in [0.2, 0.25) is 5.24 Å². The number of aromatic nitrogens is 2. The number of aryl methyl sites for hydroxylation is 1. The minimum Gasteiger partial charge on any atom is -0.281 e. The van der Waals surface area contributed by atoms with E-state index in [0.717, 1.165) is 17.5 Å². The van der Waals surface area contributed by atoms with Crippen LogP contribution in [0.5, 0.6) is 0 Å². The van der Waals surface area contributed by atoms with E-state index >= 15 is 0 Å². The van der Waals surface area contributed by atoms with E-state index in [2.05, 4.69) is 9.97 Å². The number of rotatable bonds is 5. The van der Waals surface area contributed by atoms with E-state index in [9.17, 15) is 4.79 Å². The molecule has 0 saturated heterocycles. The first-order valence-corrected chi connectivity index (χ1v) is 6.13. The molecule has 3 nitrogen and oxygen atoms in total. The summed E-state index contributed by atoms with van der Waals surface area (Å²) in [6, 6.07) is 7.56. The van der Waals surface area contributed by atoms with Gasteiger partial charge in [0.05, 0.1) is 5.92 Å². The van der Waals surface area contributed by atoms with Gasteiger partial charge in [0.1, 0.15) is 0 Å². The van der Waals surface area contributed by atoms with Crippen molar-refractivity contribution in [3.05, 3.63) is 60.2 Å². The quantitative estimate of drug-likeness (QED) is 0.777. The van der Waals surface area contributed by atoms with Gasteiger partial charge < -0.3 is 0 Å². The van der Waals surface area contributed by atoms with E-state index in [1.807, 2.05) is 24.3 Å². The van der Waals surface area contributed by atoms with Crippen molar-refractivity contribution in [3.8, 4) is 0 Å². The van der Waals surface area contributed by atoms with Crippen molar-refractivity contribution >= 4 is 16.8 Å². The number of carbonyl (C=O) groups excluding carboxylic acids is 1. The monoisotopic (exact) mass is 260 g/mol. The van der Waals surface area contributed by atoms with Crippen LogP contribution < -0.4 is 0 Å². The molecule has 2 aromatic rings. The SMILES string of the molecule is O=C(Cl)C(CCc1ccncc1)c1ccncc1. The van der Waals surface area contributed by atoms with Gasteiger partial charge in [-0.3, -0.25) is 14.8 Å². The van der Waals surface area contributed by atoms with Gasteiger partial charge in [0.15, 0.2) is 0 Å². The van der Waals surface area contributed by atoms with Crippen LogP contribution in [0.2, 0.25) is 0 Å². The molecule has 0 aromatic carbocycles. The second-order valence-electron chi connectivity index (χ2n) is 4.03. The van der Waals surface area contributed by atoms with Crippen LogP contribution in [0.1, 0.15) is 23.5 Å². The molecule has 2 heterocycles. The third-order valence-corrected chi connectivity index (χ3v) is 3.12. The molecule has 2 rings (SSSR count). The molecule has 0 aliphatic rings. The summed E-state index contributed by atoms with van der Waals surface area (Å²) in [4.78, 5) is 19.4. The van der Waals surface area contributed by atoms with Crippen LogP contribution in [-0.4, -0.2) is 15.2 Å². The summed E-state index contributed by atoms with van der Waals surface area (Å²) in [5, 5.41) is -0.324. The molecule has 18 heavy (non-hydrogen) atoms. The highest BCUT2D eigenvalue weighted by Crippen LogP contribution is 2.23. The molecular weight excluding hydrogens is 248 g/mol. The Morgan fingerprint density at radius 3 is 2.17 bits per heavy atom. The van der Waals surface area contributed by atoms with Crippen molar-refractivity contribution in [3.63, 3.8) is 0 Å². The fraction of sp³-hybridized carbons (Fsp3) is 0.214. The predicted octanol–water partition coefficient (Wildman–Crippen LogP) is 2.96. The Bertz CT molecular complexity index is 502. The molecule has 4 heteroatoms. The van der Waals surface area contributed by atoms with Crippen LogP contribution >= 0.6 is 11.6 Å². The van der Waals surface area contributed by atoms with Gasteiger partial charge in [-0.15, -0.1) is 0 Å². The summed E-state index contributed by atoms with van der Waals surface area (Å²) in [5.74, 6) is -0.275. The van der Waals surface area contributed by atoms with Gasteiger partial charge in [-0.2, -0.15) is 0 Å². The molecule has 0 aliphatic carbocycles. The van der Waals surface area contributed by atoms with Crippen molar-refractivity contribution in [1.82, 2.24) is 9.97 Å². The Morgan fingerprint density at radius 2 is 1.61 bits per heavy atom. The molecule has 0 spiro atoms. The molecule has 1 atom stereocenters. The summed E-state index contributed by atoms with van der Waals surface area (Å²) in [5.41, 5.74) is 2.07. The number of hydrogen-bond donors (Lipinski definition) is 0. The van der Waals surface area contributed by atoms with Gasteiger partial charge in [-0.25, -0.2) is 0 Å². The molecule has 2 aromatic heterocycles. The molecule has 0 saturated carbocycles. The second kappa shape index (κ2) is 6.26. The van der Waals surface area contributed by atoms with Crippen LogP contribution in [0.25, 0.3) is 0 Å². The summed E-state index contributed by atoms with van der Waals surface area (Å²) in [7, 11) is 0. The van der Waals surface area contributed by atoms with E-state index in [1.54, 1.807) is 24.8 Å². The zero-order chi connectivity index (χ0) is 12.8. The number of halogens is 1. The average molecular weight is 261 g/mol.